The van der Waals surface area contributed by atoms with Crippen LogP contribution in [0.4, 0.5) is 0 Å². The molecule has 0 heterocycles. The van der Waals surface area contributed by atoms with Gasteiger partial charge in [0.15, 0.2) is 0 Å². The molecule has 5 rings (SSSR count). The van der Waals surface area contributed by atoms with Crippen LogP contribution < -0.4 is 4.74 Å². The summed E-state index contributed by atoms with van der Waals surface area (Å²) in [5.74, 6) is 4.12. The molecule has 3 nitrogen and oxygen atoms in total. The summed E-state index contributed by atoms with van der Waals surface area (Å²) in [5.41, 5.74) is 2.63. The van der Waals surface area contributed by atoms with Gasteiger partial charge in [0.25, 0.3) is 0 Å². The van der Waals surface area contributed by atoms with Crippen LogP contribution in [0.15, 0.2) is 101 Å². The van der Waals surface area contributed by atoms with E-state index in [0.717, 1.165) is 56.0 Å². The number of esters is 1. The lowest BCUT2D eigenvalue weighted by atomic mass is 9.94. The van der Waals surface area contributed by atoms with Crippen LogP contribution in [0.2, 0.25) is 0 Å². The Bertz CT molecular complexity index is 1230. The van der Waals surface area contributed by atoms with Gasteiger partial charge in [-0.1, -0.05) is 99.6 Å². The van der Waals surface area contributed by atoms with Gasteiger partial charge < -0.3 is 9.47 Å². The summed E-state index contributed by atoms with van der Waals surface area (Å²) >= 11 is 3.75. The molecule has 0 aliphatic heterocycles. The zero-order chi connectivity index (χ0) is 30.2. The van der Waals surface area contributed by atoms with Gasteiger partial charge in [-0.05, 0) is 85.0 Å². The molecule has 1 fully saturated rings. The average Bonchev–Trinajstić information content (AvgIpc) is 3.70. The predicted molar refractivity (Wildman–Crippen MR) is 185 cm³/mol. The highest BCUT2D eigenvalue weighted by Crippen LogP contribution is 2.43. The largest absolute Gasteiger partial charge is 0.494 e. The normalized spacial score (nSPS) is 18.5. The van der Waals surface area contributed by atoms with Gasteiger partial charge in [0.1, 0.15) is 5.75 Å². The molecule has 3 unspecified atom stereocenters. The van der Waals surface area contributed by atoms with E-state index in [4.69, 9.17) is 9.47 Å². The number of rotatable bonds is 20. The Morgan fingerprint density at radius 2 is 1.18 bits per heavy atom. The molecule has 0 N–H and O–H groups in total. The fourth-order valence-electron chi connectivity index (χ4n) is 6.31. The maximum absolute atomic E-state index is 12.3. The Morgan fingerprint density at radius 3 is 1.70 bits per heavy atom. The molecule has 2 bridgehead atoms. The number of thioether (sulfide) groups is 2. The minimum absolute atomic E-state index is 0.0445. The molecule has 2 aliphatic rings. The number of carbonyl (C=O) groups is 1. The molecule has 5 heteroatoms. The first-order chi connectivity index (χ1) is 21.7. The third-order valence-corrected chi connectivity index (χ3v) is 10.9. The quantitative estimate of drug-likeness (QED) is 0.0538. The molecule has 0 aromatic heterocycles. The summed E-state index contributed by atoms with van der Waals surface area (Å²) < 4.78 is 11.9. The van der Waals surface area contributed by atoms with Crippen LogP contribution in [-0.4, -0.2) is 19.2 Å². The third kappa shape index (κ3) is 11.1. The smallest absolute Gasteiger partial charge is 0.309 e. The molecule has 3 aromatic carbocycles. The van der Waals surface area contributed by atoms with Crippen molar-refractivity contribution in [3.8, 4) is 5.75 Å². The summed E-state index contributed by atoms with van der Waals surface area (Å²) in [4.78, 5) is 14.9. The van der Waals surface area contributed by atoms with Crippen molar-refractivity contribution in [1.29, 1.82) is 0 Å². The first-order valence-corrected chi connectivity index (χ1v) is 18.7. The van der Waals surface area contributed by atoms with Gasteiger partial charge in [0.05, 0.1) is 19.1 Å². The maximum atomic E-state index is 12.3. The van der Waals surface area contributed by atoms with Crippen molar-refractivity contribution in [1.82, 2.24) is 0 Å². The first kappa shape index (κ1) is 32.8. The number of carbonyl (C=O) groups excluding carboxylic acids is 1. The zero-order valence-corrected chi connectivity index (χ0v) is 27.7. The van der Waals surface area contributed by atoms with Crippen molar-refractivity contribution in [2.75, 3.05) is 13.2 Å². The number of ether oxygens (including phenoxy) is 2. The Kier molecular flexibility index (Phi) is 13.7. The Labute approximate surface area is 273 Å². The minimum Gasteiger partial charge on any atom is -0.494 e. The summed E-state index contributed by atoms with van der Waals surface area (Å²) in [5, 5.41) is 0. The topological polar surface area (TPSA) is 35.5 Å². The van der Waals surface area contributed by atoms with Crippen molar-refractivity contribution < 1.29 is 14.3 Å². The Morgan fingerprint density at radius 1 is 0.636 bits per heavy atom. The molecule has 44 heavy (non-hydrogen) atoms. The Hall–Kier alpha value is -2.63. The Balaban J connectivity index is 0.926. The molecule has 0 spiro atoms. The molecule has 3 atom stereocenters. The average molecular weight is 629 g/mol. The molecule has 3 aromatic rings. The van der Waals surface area contributed by atoms with Crippen molar-refractivity contribution in [2.24, 2.45) is 17.8 Å². The predicted octanol–water partition coefficient (Wildman–Crippen LogP) is 10.9. The van der Waals surface area contributed by atoms with E-state index >= 15 is 0 Å². The summed E-state index contributed by atoms with van der Waals surface area (Å²) in [6.45, 7) is 1.37. The van der Waals surface area contributed by atoms with Gasteiger partial charge in [-0.25, -0.2) is 0 Å². The van der Waals surface area contributed by atoms with E-state index in [2.05, 4.69) is 91.0 Å². The highest BCUT2D eigenvalue weighted by molar-refractivity contribution is 7.98. The van der Waals surface area contributed by atoms with Gasteiger partial charge >= 0.3 is 5.97 Å². The minimum atomic E-state index is 0.0445. The number of allylic oxidation sites excluding steroid dienone is 2. The summed E-state index contributed by atoms with van der Waals surface area (Å²) in [6, 6.07) is 28.0. The van der Waals surface area contributed by atoms with Crippen LogP contribution in [0.1, 0.15) is 81.8 Å². The van der Waals surface area contributed by atoms with Gasteiger partial charge in [0, 0.05) is 21.3 Å². The van der Waals surface area contributed by atoms with Gasteiger partial charge in [-0.15, -0.1) is 23.5 Å². The van der Waals surface area contributed by atoms with E-state index in [1.165, 1.54) is 59.4 Å². The second-order valence-corrected chi connectivity index (χ2v) is 14.4. The van der Waals surface area contributed by atoms with E-state index in [-0.39, 0.29) is 11.9 Å². The van der Waals surface area contributed by atoms with E-state index in [1.54, 1.807) is 0 Å². The maximum Gasteiger partial charge on any atom is 0.309 e. The first-order valence-electron chi connectivity index (χ1n) is 16.7. The highest BCUT2D eigenvalue weighted by atomic mass is 32.2. The van der Waals surface area contributed by atoms with E-state index < -0.39 is 0 Å². The fraction of sp³-hybridized carbons (Fsp3) is 0.462. The number of unbranched alkanes of at least 4 members (excludes halogenated alkanes) is 8. The lowest BCUT2D eigenvalue weighted by molar-refractivity contribution is -0.149. The number of hydrogen-bond donors (Lipinski definition) is 0. The number of hydrogen-bond acceptors (Lipinski definition) is 5. The van der Waals surface area contributed by atoms with Crippen molar-refractivity contribution >= 4 is 29.5 Å². The van der Waals surface area contributed by atoms with E-state index in [0.29, 0.717) is 18.4 Å². The second-order valence-electron chi connectivity index (χ2n) is 12.3. The number of fused-ring (bicyclic) bond motifs is 2. The highest BCUT2D eigenvalue weighted by Gasteiger charge is 2.40. The SMILES string of the molecule is O=C(OCCCCCCCCCCCOc1cc(CSc2ccccc2)cc(CSc2ccccc2)c1)C1CC2C=CC1C2. The van der Waals surface area contributed by atoms with E-state index in [9.17, 15) is 4.79 Å². The van der Waals surface area contributed by atoms with Crippen molar-refractivity contribution in [3.05, 3.63) is 102 Å². The molecular formula is C39H48O3S2. The zero-order valence-electron chi connectivity index (χ0n) is 26.0. The van der Waals surface area contributed by atoms with Crippen LogP contribution in [0.3, 0.4) is 0 Å². The second kappa shape index (κ2) is 18.4. The lowest BCUT2D eigenvalue weighted by Crippen LogP contribution is -2.21. The molecule has 2 aliphatic carbocycles. The summed E-state index contributed by atoms with van der Waals surface area (Å²) in [6.07, 6.45) is 17.5. The van der Waals surface area contributed by atoms with Gasteiger partial charge in [-0.3, -0.25) is 4.79 Å². The van der Waals surface area contributed by atoms with Crippen molar-refractivity contribution in [3.63, 3.8) is 0 Å². The number of benzene rings is 3. The molecule has 0 amide bonds. The van der Waals surface area contributed by atoms with Gasteiger partial charge in [0.2, 0.25) is 0 Å². The molecule has 1 saturated carbocycles. The van der Waals surface area contributed by atoms with Crippen LogP contribution in [0.5, 0.6) is 5.75 Å². The lowest BCUT2D eigenvalue weighted by Gasteiger charge is -2.16. The molecule has 0 radical (unpaired) electrons. The fourth-order valence-corrected chi connectivity index (χ4v) is 8.01. The van der Waals surface area contributed by atoms with Crippen molar-refractivity contribution in [2.45, 2.75) is 91.9 Å². The van der Waals surface area contributed by atoms with Crippen LogP contribution in [-0.2, 0) is 21.0 Å². The third-order valence-electron chi connectivity index (χ3n) is 8.71. The summed E-state index contributed by atoms with van der Waals surface area (Å²) in [7, 11) is 0. The van der Waals surface area contributed by atoms with Crippen LogP contribution in [0, 0.1) is 17.8 Å². The van der Waals surface area contributed by atoms with Crippen LogP contribution >= 0.6 is 23.5 Å². The van der Waals surface area contributed by atoms with E-state index in [1.807, 2.05) is 23.5 Å². The monoisotopic (exact) mass is 628 g/mol. The van der Waals surface area contributed by atoms with Crippen LogP contribution in [0.25, 0.3) is 0 Å². The van der Waals surface area contributed by atoms with Gasteiger partial charge in [-0.2, -0.15) is 0 Å². The standard InChI is InChI=1S/C39H48O3S2/c40-39(38-28-31-20-21-34(38)25-31)42-23-15-7-5-3-1-2-4-6-14-22-41-35-26-32(29-43-36-16-10-8-11-17-36)24-33(27-35)30-44-37-18-12-9-13-19-37/h8-13,16-21,24,26-27,31,34,38H,1-7,14-15,22-23,25,28-30H2. The molecule has 234 valence electrons. The molecule has 0 saturated heterocycles. The molecular weight excluding hydrogens is 581 g/mol.